The first-order valence-electron chi connectivity index (χ1n) is 6.65. The molecule has 2 amide bonds. The smallest absolute Gasteiger partial charge is 0.237 e. The van der Waals surface area contributed by atoms with Crippen molar-refractivity contribution in [3.8, 4) is 5.75 Å². The van der Waals surface area contributed by atoms with Gasteiger partial charge in [0, 0.05) is 19.7 Å². The van der Waals surface area contributed by atoms with E-state index >= 15 is 0 Å². The maximum absolute atomic E-state index is 11.6. The third-order valence-corrected chi connectivity index (χ3v) is 4.00. The second kappa shape index (κ2) is 7.79. The van der Waals surface area contributed by atoms with Crippen LogP contribution in [0.15, 0.2) is 29.2 Å². The summed E-state index contributed by atoms with van der Waals surface area (Å²) in [5, 5.41) is 0. The fourth-order valence-electron chi connectivity index (χ4n) is 1.71. The van der Waals surface area contributed by atoms with E-state index < -0.39 is 15.7 Å². The van der Waals surface area contributed by atoms with Crippen molar-refractivity contribution in [2.45, 2.75) is 17.7 Å². The molecule has 0 saturated carbocycles. The van der Waals surface area contributed by atoms with Crippen molar-refractivity contribution < 1.29 is 22.7 Å². The highest BCUT2D eigenvalue weighted by molar-refractivity contribution is 7.90. The number of amides is 2. The molecule has 0 aliphatic heterocycles. The van der Waals surface area contributed by atoms with Crippen LogP contribution < -0.4 is 10.5 Å². The number of nitrogens with two attached hydrogens (primary N) is 1. The Labute approximate surface area is 130 Å². The van der Waals surface area contributed by atoms with Gasteiger partial charge in [-0.3, -0.25) is 9.59 Å². The zero-order chi connectivity index (χ0) is 16.8. The molecule has 122 valence electrons. The van der Waals surface area contributed by atoms with Crippen LogP contribution in [-0.2, 0) is 19.4 Å². The highest BCUT2D eigenvalue weighted by atomic mass is 32.2. The minimum atomic E-state index is -3.22. The van der Waals surface area contributed by atoms with E-state index in [4.69, 9.17) is 10.5 Å². The van der Waals surface area contributed by atoms with Crippen molar-refractivity contribution in [1.82, 2.24) is 4.90 Å². The average Bonchev–Trinajstić information content (AvgIpc) is 2.42. The molecule has 0 atom stereocenters. The SMILES string of the molecule is CN(CC(N)=O)C(=O)CCCOc1ccc(S(C)(=O)=O)cc1. The highest BCUT2D eigenvalue weighted by Gasteiger charge is 2.10. The average molecular weight is 328 g/mol. The molecule has 1 aromatic rings. The molecular formula is C14H20N2O5S. The fraction of sp³-hybridized carbons (Fsp3) is 0.429. The summed E-state index contributed by atoms with van der Waals surface area (Å²) in [6.07, 6.45) is 1.86. The number of ether oxygens (including phenoxy) is 1. The number of benzene rings is 1. The van der Waals surface area contributed by atoms with Crippen LogP contribution in [0.4, 0.5) is 0 Å². The van der Waals surface area contributed by atoms with Crippen LogP contribution in [0.5, 0.6) is 5.75 Å². The quantitative estimate of drug-likeness (QED) is 0.686. The van der Waals surface area contributed by atoms with Crippen molar-refractivity contribution in [2.24, 2.45) is 5.73 Å². The molecule has 1 aromatic carbocycles. The van der Waals surface area contributed by atoms with Gasteiger partial charge in [0.15, 0.2) is 9.84 Å². The van der Waals surface area contributed by atoms with Crippen LogP contribution in [0.2, 0.25) is 0 Å². The number of carbonyl (C=O) groups excluding carboxylic acids is 2. The van der Waals surface area contributed by atoms with Crippen LogP contribution in [0.25, 0.3) is 0 Å². The Bertz CT molecular complexity index is 625. The van der Waals surface area contributed by atoms with Gasteiger partial charge < -0.3 is 15.4 Å². The third-order valence-electron chi connectivity index (χ3n) is 2.87. The molecule has 0 fully saturated rings. The lowest BCUT2D eigenvalue weighted by Crippen LogP contribution is -2.35. The first kappa shape index (κ1) is 18.0. The lowest BCUT2D eigenvalue weighted by Gasteiger charge is -2.14. The van der Waals surface area contributed by atoms with Crippen molar-refractivity contribution in [1.29, 1.82) is 0 Å². The summed E-state index contributed by atoms with van der Waals surface area (Å²) in [5.41, 5.74) is 5.00. The summed E-state index contributed by atoms with van der Waals surface area (Å²) in [7, 11) is -1.71. The summed E-state index contributed by atoms with van der Waals surface area (Å²) in [6, 6.07) is 6.07. The Hall–Kier alpha value is -2.09. The molecule has 2 N–H and O–H groups in total. The first-order valence-corrected chi connectivity index (χ1v) is 8.54. The maximum atomic E-state index is 11.6. The van der Waals surface area contributed by atoms with Gasteiger partial charge in [-0.25, -0.2) is 8.42 Å². The topological polar surface area (TPSA) is 107 Å². The standard InChI is InChI=1S/C14H20N2O5S/c1-16(10-13(15)17)14(18)4-3-9-21-11-5-7-12(8-6-11)22(2,19)20/h5-8H,3-4,9-10H2,1-2H3,(H2,15,17). The van der Waals surface area contributed by atoms with E-state index in [-0.39, 0.29) is 23.8 Å². The maximum Gasteiger partial charge on any atom is 0.237 e. The van der Waals surface area contributed by atoms with E-state index in [1.807, 2.05) is 0 Å². The van der Waals surface area contributed by atoms with Crippen LogP contribution >= 0.6 is 0 Å². The predicted octanol–water partition coefficient (Wildman–Crippen LogP) is 0.193. The molecule has 0 aromatic heterocycles. The van der Waals surface area contributed by atoms with Gasteiger partial charge in [0.25, 0.3) is 0 Å². The summed E-state index contributed by atoms with van der Waals surface area (Å²) in [5.74, 6) is -0.210. The van der Waals surface area contributed by atoms with Gasteiger partial charge in [-0.2, -0.15) is 0 Å². The minimum absolute atomic E-state index is 0.105. The molecule has 0 aliphatic carbocycles. The molecule has 7 nitrogen and oxygen atoms in total. The predicted molar refractivity (Wildman–Crippen MR) is 81.1 cm³/mol. The minimum Gasteiger partial charge on any atom is -0.494 e. The number of nitrogens with zero attached hydrogens (tertiary/aromatic N) is 1. The molecular weight excluding hydrogens is 308 g/mol. The zero-order valence-corrected chi connectivity index (χ0v) is 13.4. The monoisotopic (exact) mass is 328 g/mol. The number of likely N-dealkylation sites (N-methyl/N-ethyl adjacent to an activating group) is 1. The Balaban J connectivity index is 2.36. The third kappa shape index (κ3) is 6.13. The van der Waals surface area contributed by atoms with Gasteiger partial charge in [0.1, 0.15) is 5.75 Å². The molecule has 0 aliphatic rings. The number of sulfone groups is 1. The summed E-state index contributed by atoms with van der Waals surface area (Å²) >= 11 is 0. The molecule has 0 saturated heterocycles. The molecule has 8 heteroatoms. The normalized spacial score (nSPS) is 11.0. The van der Waals surface area contributed by atoms with E-state index in [0.717, 1.165) is 6.26 Å². The van der Waals surface area contributed by atoms with Gasteiger partial charge >= 0.3 is 0 Å². The van der Waals surface area contributed by atoms with E-state index in [1.165, 1.54) is 24.1 Å². The van der Waals surface area contributed by atoms with E-state index in [0.29, 0.717) is 18.8 Å². The molecule has 0 unspecified atom stereocenters. The first-order chi connectivity index (χ1) is 10.2. The second-order valence-corrected chi connectivity index (χ2v) is 6.93. The highest BCUT2D eigenvalue weighted by Crippen LogP contribution is 2.16. The van der Waals surface area contributed by atoms with Gasteiger partial charge in [-0.1, -0.05) is 0 Å². The van der Waals surface area contributed by atoms with Gasteiger partial charge in [0.2, 0.25) is 11.8 Å². The zero-order valence-electron chi connectivity index (χ0n) is 12.6. The van der Waals surface area contributed by atoms with Gasteiger partial charge in [-0.05, 0) is 30.7 Å². The summed E-state index contributed by atoms with van der Waals surface area (Å²) in [6.45, 7) is 0.209. The van der Waals surface area contributed by atoms with Crippen molar-refractivity contribution in [3.05, 3.63) is 24.3 Å². The van der Waals surface area contributed by atoms with Crippen LogP contribution in [-0.4, -0.2) is 51.6 Å². The van der Waals surface area contributed by atoms with E-state index in [1.54, 1.807) is 12.1 Å². The number of hydrogen-bond donors (Lipinski definition) is 1. The molecule has 1 rings (SSSR count). The molecule has 0 bridgehead atoms. The summed E-state index contributed by atoms with van der Waals surface area (Å²) in [4.78, 5) is 23.8. The number of hydrogen-bond acceptors (Lipinski definition) is 5. The van der Waals surface area contributed by atoms with Crippen molar-refractivity contribution in [3.63, 3.8) is 0 Å². The van der Waals surface area contributed by atoms with Gasteiger partial charge in [-0.15, -0.1) is 0 Å². The van der Waals surface area contributed by atoms with Gasteiger partial charge in [0.05, 0.1) is 18.0 Å². The second-order valence-electron chi connectivity index (χ2n) is 4.91. The van der Waals surface area contributed by atoms with Crippen molar-refractivity contribution in [2.75, 3.05) is 26.5 Å². The molecule has 0 radical (unpaired) electrons. The largest absolute Gasteiger partial charge is 0.494 e. The summed E-state index contributed by atoms with van der Waals surface area (Å²) < 4.78 is 28.0. The number of primary amides is 1. The van der Waals surface area contributed by atoms with E-state index in [2.05, 4.69) is 0 Å². The van der Waals surface area contributed by atoms with E-state index in [9.17, 15) is 18.0 Å². The number of carbonyl (C=O) groups is 2. The molecule has 0 spiro atoms. The molecule has 0 heterocycles. The van der Waals surface area contributed by atoms with Crippen LogP contribution in [0, 0.1) is 0 Å². The van der Waals surface area contributed by atoms with Crippen LogP contribution in [0.3, 0.4) is 0 Å². The fourth-order valence-corrected chi connectivity index (χ4v) is 2.34. The van der Waals surface area contributed by atoms with Crippen LogP contribution in [0.1, 0.15) is 12.8 Å². The Morgan fingerprint density at radius 1 is 1.23 bits per heavy atom. The lowest BCUT2D eigenvalue weighted by molar-refractivity contribution is -0.133. The van der Waals surface area contributed by atoms with Crippen molar-refractivity contribution >= 4 is 21.7 Å². The Morgan fingerprint density at radius 2 is 1.82 bits per heavy atom. The Morgan fingerprint density at radius 3 is 2.32 bits per heavy atom. The molecule has 22 heavy (non-hydrogen) atoms. The number of rotatable bonds is 8. The Kier molecular flexibility index (Phi) is 6.36. The lowest BCUT2D eigenvalue weighted by atomic mass is 10.3.